The second-order valence-electron chi connectivity index (χ2n) is 7.79. The molecule has 2 N–H and O–H groups in total. The normalized spacial score (nSPS) is 11.7. The number of sulfone groups is 1. The van der Waals surface area contributed by atoms with Gasteiger partial charge >= 0.3 is 0 Å². The molecule has 0 spiro atoms. The fourth-order valence-electron chi connectivity index (χ4n) is 3.96. The Bertz CT molecular complexity index is 1660. The van der Waals surface area contributed by atoms with Gasteiger partial charge in [-0.3, -0.25) is 4.57 Å². The standard InChI is InChI=1S/C25H22N4O4S/c1-15-8-11-17(12-9-15)34(30,31)23-22-25(28-19-7-5-4-6-18(19)27-22)29(24(23)26)16-10-13-20(32-2)21(14-16)33-3/h4-14H,26H2,1-3H3. The number of rotatable bonds is 5. The lowest BCUT2D eigenvalue weighted by molar-refractivity contribution is 0.355. The molecule has 9 heteroatoms. The van der Waals surface area contributed by atoms with Crippen molar-refractivity contribution in [1.29, 1.82) is 0 Å². The third-order valence-electron chi connectivity index (χ3n) is 5.68. The summed E-state index contributed by atoms with van der Waals surface area (Å²) in [6.07, 6.45) is 0. The molecule has 0 radical (unpaired) electrons. The van der Waals surface area contributed by atoms with Crippen LogP contribution in [0.1, 0.15) is 5.56 Å². The molecule has 34 heavy (non-hydrogen) atoms. The fourth-order valence-corrected chi connectivity index (χ4v) is 5.45. The molecule has 2 heterocycles. The van der Waals surface area contributed by atoms with Crippen molar-refractivity contribution in [1.82, 2.24) is 14.5 Å². The van der Waals surface area contributed by atoms with E-state index in [9.17, 15) is 8.42 Å². The molecule has 0 aliphatic heterocycles. The summed E-state index contributed by atoms with van der Waals surface area (Å²) in [6, 6.07) is 19.1. The molecule has 0 saturated carbocycles. The Hall–Kier alpha value is -4.11. The largest absolute Gasteiger partial charge is 0.493 e. The zero-order valence-corrected chi connectivity index (χ0v) is 19.6. The number of nitrogens with two attached hydrogens (primary N) is 1. The van der Waals surface area contributed by atoms with E-state index in [1.54, 1.807) is 60.2 Å². The number of fused-ring (bicyclic) bond motifs is 2. The summed E-state index contributed by atoms with van der Waals surface area (Å²) in [5.74, 6) is 1.02. The highest BCUT2D eigenvalue weighted by atomic mass is 32.2. The molecular formula is C25H22N4O4S. The monoisotopic (exact) mass is 474 g/mol. The van der Waals surface area contributed by atoms with Crippen molar-refractivity contribution >= 4 is 37.9 Å². The van der Waals surface area contributed by atoms with Crippen molar-refractivity contribution in [2.45, 2.75) is 16.7 Å². The first-order valence-electron chi connectivity index (χ1n) is 10.5. The quantitative estimate of drug-likeness (QED) is 0.404. The Morgan fingerprint density at radius 2 is 1.50 bits per heavy atom. The van der Waals surface area contributed by atoms with E-state index in [0.29, 0.717) is 33.9 Å². The minimum Gasteiger partial charge on any atom is -0.493 e. The average molecular weight is 475 g/mol. The molecule has 5 aromatic rings. The van der Waals surface area contributed by atoms with Gasteiger partial charge in [-0.1, -0.05) is 29.8 Å². The van der Waals surface area contributed by atoms with Gasteiger partial charge in [-0.05, 0) is 43.3 Å². The molecule has 0 atom stereocenters. The van der Waals surface area contributed by atoms with E-state index >= 15 is 0 Å². The molecule has 2 aromatic heterocycles. The van der Waals surface area contributed by atoms with Crippen LogP contribution in [0.25, 0.3) is 27.9 Å². The lowest BCUT2D eigenvalue weighted by Gasteiger charge is -2.12. The van der Waals surface area contributed by atoms with Crippen LogP contribution < -0.4 is 15.2 Å². The van der Waals surface area contributed by atoms with Crippen molar-refractivity contribution in [3.8, 4) is 17.2 Å². The summed E-state index contributed by atoms with van der Waals surface area (Å²) >= 11 is 0. The summed E-state index contributed by atoms with van der Waals surface area (Å²) < 4.78 is 39.9. The highest BCUT2D eigenvalue weighted by molar-refractivity contribution is 7.92. The Balaban J connectivity index is 1.88. The zero-order valence-electron chi connectivity index (χ0n) is 18.8. The summed E-state index contributed by atoms with van der Waals surface area (Å²) in [4.78, 5) is 9.46. The first-order valence-corrected chi connectivity index (χ1v) is 11.9. The number of methoxy groups -OCH3 is 2. The van der Waals surface area contributed by atoms with Crippen LogP contribution in [0.3, 0.4) is 0 Å². The highest BCUT2D eigenvalue weighted by Gasteiger charge is 2.31. The topological polar surface area (TPSA) is 109 Å². The molecule has 8 nitrogen and oxygen atoms in total. The van der Waals surface area contributed by atoms with Crippen LogP contribution in [0.5, 0.6) is 11.5 Å². The smallest absolute Gasteiger partial charge is 0.212 e. The molecule has 5 rings (SSSR count). The van der Waals surface area contributed by atoms with E-state index in [0.717, 1.165) is 5.56 Å². The molecule has 0 amide bonds. The maximum atomic E-state index is 13.8. The van der Waals surface area contributed by atoms with Crippen LogP contribution in [0.4, 0.5) is 5.82 Å². The predicted octanol–water partition coefficient (Wildman–Crippen LogP) is 4.31. The van der Waals surface area contributed by atoms with Crippen LogP contribution in [0.15, 0.2) is 76.5 Å². The Labute approximate surface area is 196 Å². The van der Waals surface area contributed by atoms with Gasteiger partial charge in [0.2, 0.25) is 9.84 Å². The number of ether oxygens (including phenoxy) is 2. The van der Waals surface area contributed by atoms with E-state index < -0.39 is 9.84 Å². The SMILES string of the molecule is COc1ccc(-n2c(N)c(S(=O)(=O)c3ccc(C)cc3)c3nc4ccccc4nc32)cc1OC. The number of nitrogens with zero attached hydrogens (tertiary/aromatic N) is 3. The number of aromatic nitrogens is 3. The minimum atomic E-state index is -4.00. The van der Waals surface area contributed by atoms with Crippen LogP contribution in [-0.2, 0) is 9.84 Å². The number of benzene rings is 3. The first-order chi connectivity index (χ1) is 16.3. The molecule has 0 bridgehead atoms. The fraction of sp³-hybridized carbons (Fsp3) is 0.120. The van der Waals surface area contributed by atoms with E-state index in [4.69, 9.17) is 20.2 Å². The van der Waals surface area contributed by atoms with Crippen LogP contribution in [0, 0.1) is 6.92 Å². The molecule has 3 aromatic carbocycles. The maximum Gasteiger partial charge on any atom is 0.212 e. The van der Waals surface area contributed by atoms with E-state index in [1.165, 1.54) is 7.11 Å². The minimum absolute atomic E-state index is 0.0121. The van der Waals surface area contributed by atoms with Gasteiger partial charge in [0.25, 0.3) is 0 Å². The highest BCUT2D eigenvalue weighted by Crippen LogP contribution is 2.39. The van der Waals surface area contributed by atoms with Gasteiger partial charge in [-0.2, -0.15) is 0 Å². The van der Waals surface area contributed by atoms with E-state index in [-0.39, 0.29) is 21.1 Å². The van der Waals surface area contributed by atoms with Crippen LogP contribution in [-0.4, -0.2) is 37.2 Å². The van der Waals surface area contributed by atoms with Crippen molar-refractivity contribution in [2.75, 3.05) is 20.0 Å². The van der Waals surface area contributed by atoms with Gasteiger partial charge < -0.3 is 15.2 Å². The van der Waals surface area contributed by atoms with Gasteiger partial charge in [0.05, 0.1) is 35.8 Å². The summed E-state index contributed by atoms with van der Waals surface area (Å²) in [7, 11) is -0.932. The zero-order chi connectivity index (χ0) is 24.0. The number of para-hydroxylation sites is 2. The Kier molecular flexibility index (Phi) is 5.13. The Morgan fingerprint density at radius 3 is 2.15 bits per heavy atom. The lowest BCUT2D eigenvalue weighted by Crippen LogP contribution is -2.07. The number of hydrogen-bond acceptors (Lipinski definition) is 7. The van der Waals surface area contributed by atoms with E-state index in [1.807, 2.05) is 25.1 Å². The Morgan fingerprint density at radius 1 is 0.853 bits per heavy atom. The third-order valence-corrected chi connectivity index (χ3v) is 7.51. The number of hydrogen-bond donors (Lipinski definition) is 1. The second-order valence-corrected chi connectivity index (χ2v) is 9.68. The van der Waals surface area contributed by atoms with E-state index in [2.05, 4.69) is 4.98 Å². The van der Waals surface area contributed by atoms with Gasteiger partial charge in [0, 0.05) is 6.07 Å². The first kappa shape index (κ1) is 21.7. The van der Waals surface area contributed by atoms with Gasteiger partial charge in [-0.15, -0.1) is 0 Å². The number of aryl methyl sites for hydroxylation is 1. The summed E-state index contributed by atoms with van der Waals surface area (Å²) in [5.41, 5.74) is 9.79. The summed E-state index contributed by atoms with van der Waals surface area (Å²) in [6.45, 7) is 1.89. The third kappa shape index (κ3) is 3.32. The predicted molar refractivity (Wildman–Crippen MR) is 131 cm³/mol. The number of anilines is 1. The lowest BCUT2D eigenvalue weighted by atomic mass is 10.2. The average Bonchev–Trinajstić information content (AvgIpc) is 3.13. The van der Waals surface area contributed by atoms with Crippen molar-refractivity contribution in [3.05, 3.63) is 72.3 Å². The van der Waals surface area contributed by atoms with Crippen molar-refractivity contribution < 1.29 is 17.9 Å². The molecule has 172 valence electrons. The second kappa shape index (κ2) is 8.03. The van der Waals surface area contributed by atoms with Gasteiger partial charge in [0.1, 0.15) is 16.2 Å². The van der Waals surface area contributed by atoms with Crippen molar-refractivity contribution in [3.63, 3.8) is 0 Å². The molecule has 0 unspecified atom stereocenters. The maximum absolute atomic E-state index is 13.8. The molecule has 0 saturated heterocycles. The van der Waals surface area contributed by atoms with Gasteiger partial charge in [0.15, 0.2) is 17.1 Å². The molecule has 0 aliphatic rings. The van der Waals surface area contributed by atoms with Crippen LogP contribution >= 0.6 is 0 Å². The molecular weight excluding hydrogens is 452 g/mol. The van der Waals surface area contributed by atoms with Gasteiger partial charge in [-0.25, -0.2) is 18.4 Å². The summed E-state index contributed by atoms with van der Waals surface area (Å²) in [5, 5.41) is 0. The van der Waals surface area contributed by atoms with Crippen LogP contribution in [0.2, 0.25) is 0 Å². The molecule has 0 fully saturated rings. The molecule has 0 aliphatic carbocycles. The van der Waals surface area contributed by atoms with Crippen molar-refractivity contribution in [2.24, 2.45) is 0 Å². The number of nitrogen functional groups attached to an aromatic ring is 1.